The second kappa shape index (κ2) is 7.13. The van der Waals surface area contributed by atoms with Gasteiger partial charge in [0.2, 0.25) is 11.8 Å². The van der Waals surface area contributed by atoms with Crippen molar-refractivity contribution in [2.75, 3.05) is 13.1 Å². The summed E-state index contributed by atoms with van der Waals surface area (Å²) < 4.78 is 1.89. The van der Waals surface area contributed by atoms with Crippen LogP contribution in [0.2, 0.25) is 0 Å². The van der Waals surface area contributed by atoms with E-state index < -0.39 is 0 Å². The van der Waals surface area contributed by atoms with Crippen molar-refractivity contribution in [2.24, 2.45) is 11.3 Å². The van der Waals surface area contributed by atoms with E-state index in [1.165, 1.54) is 18.5 Å². The number of fused-ring (bicyclic) bond motifs is 1. The maximum atomic E-state index is 12.5. The van der Waals surface area contributed by atoms with Gasteiger partial charge in [0.05, 0.1) is 5.69 Å². The summed E-state index contributed by atoms with van der Waals surface area (Å²) in [4.78, 5) is 26.9. The lowest BCUT2D eigenvalue weighted by Gasteiger charge is -2.42. The fourth-order valence-electron chi connectivity index (χ4n) is 4.59. The van der Waals surface area contributed by atoms with E-state index in [1.54, 1.807) is 0 Å². The van der Waals surface area contributed by atoms with Gasteiger partial charge in [-0.3, -0.25) is 14.3 Å². The molecule has 3 aliphatic rings. The quantitative estimate of drug-likeness (QED) is 0.802. The molecule has 2 amide bonds. The highest BCUT2D eigenvalue weighted by Crippen LogP contribution is 2.48. The minimum absolute atomic E-state index is 0.0450. The van der Waals surface area contributed by atoms with Gasteiger partial charge in [-0.2, -0.15) is 5.10 Å². The number of likely N-dealkylation sites (tertiary alicyclic amines) is 1. The minimum atomic E-state index is -0.0450. The van der Waals surface area contributed by atoms with E-state index in [-0.39, 0.29) is 17.2 Å². The van der Waals surface area contributed by atoms with E-state index in [4.69, 9.17) is 0 Å². The van der Waals surface area contributed by atoms with Crippen LogP contribution in [0, 0.1) is 25.2 Å². The first-order chi connectivity index (χ1) is 13.0. The molecule has 0 aromatic carbocycles. The smallest absolute Gasteiger partial charge is 0.226 e. The van der Waals surface area contributed by atoms with E-state index >= 15 is 0 Å². The summed E-state index contributed by atoms with van der Waals surface area (Å²) in [7, 11) is 0. The van der Waals surface area contributed by atoms with Crippen LogP contribution in [0.25, 0.3) is 0 Å². The third-order valence-corrected chi connectivity index (χ3v) is 6.33. The van der Waals surface area contributed by atoms with Crippen molar-refractivity contribution < 1.29 is 9.59 Å². The highest BCUT2D eigenvalue weighted by atomic mass is 16.2. The maximum Gasteiger partial charge on any atom is 0.226 e. The van der Waals surface area contributed by atoms with Crippen molar-refractivity contribution in [3.8, 4) is 0 Å². The molecule has 1 aromatic rings. The van der Waals surface area contributed by atoms with Crippen LogP contribution < -0.4 is 5.32 Å². The van der Waals surface area contributed by atoms with Crippen LogP contribution in [0.4, 0.5) is 0 Å². The van der Waals surface area contributed by atoms with Gasteiger partial charge in [-0.15, -0.1) is 0 Å². The van der Waals surface area contributed by atoms with Gasteiger partial charge in [-0.1, -0.05) is 6.08 Å². The summed E-state index contributed by atoms with van der Waals surface area (Å²) in [5.74, 6) is 1.01. The molecule has 2 heterocycles. The molecule has 1 N–H and O–H groups in total. The average molecular weight is 370 g/mol. The number of nitrogens with zero attached hydrogens (tertiary/aromatic N) is 3. The number of allylic oxidation sites excluding steroid dienone is 1. The number of aryl methyl sites for hydroxylation is 3. The second-order valence-corrected chi connectivity index (χ2v) is 8.53. The van der Waals surface area contributed by atoms with Crippen molar-refractivity contribution in [3.63, 3.8) is 0 Å². The number of carbonyl (C=O) groups excluding carboxylic acids is 2. The average Bonchev–Trinajstić information content (AvgIpc) is 3.26. The molecule has 0 bridgehead atoms. The van der Waals surface area contributed by atoms with Crippen LogP contribution in [0.1, 0.15) is 56.3 Å². The molecule has 1 saturated carbocycles. The normalized spacial score (nSPS) is 24.7. The highest BCUT2D eigenvalue weighted by molar-refractivity contribution is 5.80. The van der Waals surface area contributed by atoms with Gasteiger partial charge in [-0.05, 0) is 57.9 Å². The lowest BCUT2D eigenvalue weighted by Crippen LogP contribution is -2.48. The number of hydrogen-bond donors (Lipinski definition) is 1. The Bertz CT molecular complexity index is 777. The molecule has 1 unspecified atom stereocenters. The van der Waals surface area contributed by atoms with E-state index in [9.17, 15) is 9.59 Å². The van der Waals surface area contributed by atoms with Gasteiger partial charge in [0.15, 0.2) is 0 Å². The van der Waals surface area contributed by atoms with Gasteiger partial charge in [0, 0.05) is 49.3 Å². The minimum Gasteiger partial charge on any atom is -0.355 e. The standard InChI is InChI=1S/C21H30N4O2/c1-15-12-16(2)25(23-15)11-8-19(26)22-14-21-9-3-4-18(21)24(13-17-5-6-17)20(27)7-10-21/h4,12,17H,3,5-11,13-14H2,1-2H3,(H,22,26). The highest BCUT2D eigenvalue weighted by Gasteiger charge is 2.46. The molecule has 4 rings (SSSR count). The van der Waals surface area contributed by atoms with E-state index in [2.05, 4.69) is 16.5 Å². The fraction of sp³-hybridized carbons (Fsp3) is 0.667. The van der Waals surface area contributed by atoms with Crippen molar-refractivity contribution in [1.82, 2.24) is 20.0 Å². The number of piperidine rings is 1. The Morgan fingerprint density at radius 2 is 2.15 bits per heavy atom. The summed E-state index contributed by atoms with van der Waals surface area (Å²) in [6.07, 6.45) is 8.66. The molecule has 1 aromatic heterocycles. The lowest BCUT2D eigenvalue weighted by atomic mass is 9.76. The number of rotatable bonds is 7. The molecule has 0 radical (unpaired) electrons. The molecule has 0 spiro atoms. The molecule has 27 heavy (non-hydrogen) atoms. The third-order valence-electron chi connectivity index (χ3n) is 6.33. The van der Waals surface area contributed by atoms with E-state index in [0.29, 0.717) is 31.8 Å². The van der Waals surface area contributed by atoms with Gasteiger partial charge < -0.3 is 10.2 Å². The SMILES string of the molecule is Cc1cc(C)n(CCC(=O)NCC23CCC=C2N(CC2CC2)C(=O)CC3)n1. The number of nitrogens with one attached hydrogen (secondary N) is 1. The molecular weight excluding hydrogens is 340 g/mol. The summed E-state index contributed by atoms with van der Waals surface area (Å²) >= 11 is 0. The van der Waals surface area contributed by atoms with Crippen LogP contribution in [-0.4, -0.2) is 39.6 Å². The summed E-state index contributed by atoms with van der Waals surface area (Å²) in [5.41, 5.74) is 3.21. The Morgan fingerprint density at radius 1 is 1.33 bits per heavy atom. The maximum absolute atomic E-state index is 12.5. The number of hydrogen-bond acceptors (Lipinski definition) is 3. The monoisotopic (exact) mass is 370 g/mol. The molecule has 1 aliphatic heterocycles. The van der Waals surface area contributed by atoms with Crippen LogP contribution in [-0.2, 0) is 16.1 Å². The number of carbonyl (C=O) groups is 2. The molecular formula is C21H30N4O2. The van der Waals surface area contributed by atoms with Gasteiger partial charge in [0.25, 0.3) is 0 Å². The van der Waals surface area contributed by atoms with Crippen molar-refractivity contribution in [3.05, 3.63) is 29.2 Å². The molecule has 6 heteroatoms. The predicted octanol–water partition coefficient (Wildman–Crippen LogP) is 2.70. The lowest BCUT2D eigenvalue weighted by molar-refractivity contribution is -0.133. The first kappa shape index (κ1) is 18.3. The summed E-state index contributed by atoms with van der Waals surface area (Å²) in [5, 5.41) is 7.58. The number of amides is 2. The Balaban J connectivity index is 1.35. The zero-order valence-electron chi connectivity index (χ0n) is 16.5. The Kier molecular flexibility index (Phi) is 4.82. The van der Waals surface area contributed by atoms with Gasteiger partial charge in [0.1, 0.15) is 0 Å². The van der Waals surface area contributed by atoms with Crippen LogP contribution in [0.15, 0.2) is 17.8 Å². The fourth-order valence-corrected chi connectivity index (χ4v) is 4.59. The Morgan fingerprint density at radius 3 is 2.85 bits per heavy atom. The molecule has 146 valence electrons. The molecule has 6 nitrogen and oxygen atoms in total. The topological polar surface area (TPSA) is 67.2 Å². The van der Waals surface area contributed by atoms with Crippen molar-refractivity contribution in [2.45, 2.75) is 65.3 Å². The first-order valence-electron chi connectivity index (χ1n) is 10.3. The molecule has 1 saturated heterocycles. The molecule has 2 fully saturated rings. The summed E-state index contributed by atoms with van der Waals surface area (Å²) in [6, 6.07) is 2.03. The van der Waals surface area contributed by atoms with Crippen LogP contribution >= 0.6 is 0 Å². The van der Waals surface area contributed by atoms with Crippen LogP contribution in [0.5, 0.6) is 0 Å². The van der Waals surface area contributed by atoms with Gasteiger partial charge in [-0.25, -0.2) is 0 Å². The predicted molar refractivity (Wildman–Crippen MR) is 103 cm³/mol. The third kappa shape index (κ3) is 3.80. The largest absolute Gasteiger partial charge is 0.355 e. The molecule has 1 atom stereocenters. The number of aromatic nitrogens is 2. The zero-order valence-corrected chi connectivity index (χ0v) is 16.5. The van der Waals surface area contributed by atoms with E-state index in [1.807, 2.05) is 29.5 Å². The van der Waals surface area contributed by atoms with Crippen molar-refractivity contribution in [1.29, 1.82) is 0 Å². The van der Waals surface area contributed by atoms with Gasteiger partial charge >= 0.3 is 0 Å². The zero-order chi connectivity index (χ0) is 19.0. The van der Waals surface area contributed by atoms with Crippen LogP contribution in [0.3, 0.4) is 0 Å². The summed E-state index contributed by atoms with van der Waals surface area (Å²) in [6.45, 7) is 6.10. The van der Waals surface area contributed by atoms with E-state index in [0.717, 1.165) is 37.2 Å². The Hall–Kier alpha value is -2.11. The van der Waals surface area contributed by atoms with Crippen molar-refractivity contribution >= 4 is 11.8 Å². The molecule has 2 aliphatic carbocycles. The second-order valence-electron chi connectivity index (χ2n) is 8.53. The first-order valence-corrected chi connectivity index (χ1v) is 10.3. The Labute approximate surface area is 161 Å².